The summed E-state index contributed by atoms with van der Waals surface area (Å²) >= 11 is 0. The van der Waals surface area contributed by atoms with E-state index in [9.17, 15) is 9.59 Å². The number of hydrogen-bond acceptors (Lipinski definition) is 6. The van der Waals surface area contributed by atoms with E-state index in [1.807, 2.05) is 55.5 Å². The molecule has 0 saturated carbocycles. The van der Waals surface area contributed by atoms with Gasteiger partial charge in [0.25, 0.3) is 5.91 Å². The minimum absolute atomic E-state index is 0.121. The maximum atomic E-state index is 12.9. The smallest absolute Gasteiger partial charge is 0.255 e. The van der Waals surface area contributed by atoms with E-state index in [1.54, 1.807) is 18.5 Å². The van der Waals surface area contributed by atoms with Crippen molar-refractivity contribution >= 4 is 29.4 Å². The molecule has 37 heavy (non-hydrogen) atoms. The van der Waals surface area contributed by atoms with Crippen molar-refractivity contribution in [3.05, 3.63) is 78.1 Å². The predicted octanol–water partition coefficient (Wildman–Crippen LogP) is 4.44. The van der Waals surface area contributed by atoms with Crippen LogP contribution < -0.4 is 16.0 Å². The van der Waals surface area contributed by atoms with Crippen molar-refractivity contribution in [2.24, 2.45) is 0 Å². The lowest BCUT2D eigenvalue weighted by atomic mass is 10.1. The lowest BCUT2D eigenvalue weighted by Crippen LogP contribution is -2.37. The van der Waals surface area contributed by atoms with Crippen LogP contribution in [0.4, 0.5) is 11.5 Å². The van der Waals surface area contributed by atoms with E-state index in [0.717, 1.165) is 36.5 Å². The molecule has 1 aliphatic rings. The summed E-state index contributed by atoms with van der Waals surface area (Å²) in [5.74, 6) is 0.220. The molecule has 0 atom stereocenters. The highest BCUT2D eigenvalue weighted by atomic mass is 16.2. The highest BCUT2D eigenvalue weighted by molar-refractivity contribution is 6.02. The molecule has 1 aromatic carbocycles. The van der Waals surface area contributed by atoms with Gasteiger partial charge in [-0.3, -0.25) is 14.6 Å². The molecule has 2 amide bonds. The number of carbonyl (C=O) groups is 2. The number of likely N-dealkylation sites (tertiary alicyclic amines) is 1. The van der Waals surface area contributed by atoms with Gasteiger partial charge in [0.1, 0.15) is 5.82 Å². The summed E-state index contributed by atoms with van der Waals surface area (Å²) in [5.41, 5.74) is 3.71. The van der Waals surface area contributed by atoms with Crippen molar-refractivity contribution in [1.82, 2.24) is 20.2 Å². The first kappa shape index (κ1) is 26.0. The van der Waals surface area contributed by atoms with E-state index in [-0.39, 0.29) is 11.8 Å². The molecule has 0 aliphatic carbocycles. The maximum Gasteiger partial charge on any atom is 0.255 e. The average Bonchev–Trinajstić information content (AvgIpc) is 2.93. The first-order valence-electron chi connectivity index (χ1n) is 12.9. The zero-order valence-electron chi connectivity index (χ0n) is 21.2. The molecule has 1 aliphatic heterocycles. The third kappa shape index (κ3) is 7.72. The molecule has 1 fully saturated rings. The van der Waals surface area contributed by atoms with Crippen LogP contribution in [0.2, 0.25) is 0 Å². The Labute approximate surface area is 218 Å². The van der Waals surface area contributed by atoms with Crippen LogP contribution in [0.5, 0.6) is 0 Å². The molecule has 0 bridgehead atoms. The van der Waals surface area contributed by atoms with Gasteiger partial charge in [-0.15, -0.1) is 0 Å². The molecular formula is C29H34N6O2. The Hall–Kier alpha value is -4.04. The van der Waals surface area contributed by atoms with E-state index in [2.05, 4.69) is 25.8 Å². The Bertz CT molecular complexity index is 1200. The Balaban J connectivity index is 1.37. The fraction of sp³-hybridized carbons (Fsp3) is 0.310. The predicted molar refractivity (Wildman–Crippen MR) is 148 cm³/mol. The van der Waals surface area contributed by atoms with Crippen LogP contribution in [0.1, 0.15) is 42.1 Å². The number of carbonyl (C=O) groups excluding carboxylic acids is 2. The summed E-state index contributed by atoms with van der Waals surface area (Å²) in [6.07, 6.45) is 10.3. The Morgan fingerprint density at radius 3 is 2.57 bits per heavy atom. The molecule has 8 nitrogen and oxygen atoms in total. The van der Waals surface area contributed by atoms with Gasteiger partial charge < -0.3 is 20.9 Å². The zero-order valence-corrected chi connectivity index (χ0v) is 21.2. The fourth-order valence-corrected chi connectivity index (χ4v) is 4.27. The average molecular weight is 499 g/mol. The first-order chi connectivity index (χ1) is 18.1. The summed E-state index contributed by atoms with van der Waals surface area (Å²) in [6.45, 7) is 6.35. The van der Waals surface area contributed by atoms with Crippen LogP contribution in [0, 0.1) is 0 Å². The van der Waals surface area contributed by atoms with Crippen molar-refractivity contribution in [3.63, 3.8) is 0 Å². The third-order valence-electron chi connectivity index (χ3n) is 6.21. The van der Waals surface area contributed by atoms with Gasteiger partial charge >= 0.3 is 0 Å². The topological polar surface area (TPSA) is 99.2 Å². The first-order valence-corrected chi connectivity index (χ1v) is 12.9. The van der Waals surface area contributed by atoms with Crippen molar-refractivity contribution in [3.8, 4) is 11.3 Å². The second kappa shape index (κ2) is 13.3. The molecule has 1 saturated heterocycles. The van der Waals surface area contributed by atoms with Gasteiger partial charge in [-0.1, -0.05) is 24.6 Å². The second-order valence-electron chi connectivity index (χ2n) is 8.97. The molecule has 2 aromatic heterocycles. The molecule has 3 aromatic rings. The molecule has 192 valence electrons. The number of piperidine rings is 1. The number of anilines is 2. The Morgan fingerprint density at radius 2 is 1.84 bits per heavy atom. The van der Waals surface area contributed by atoms with Crippen molar-refractivity contribution in [2.45, 2.75) is 26.2 Å². The van der Waals surface area contributed by atoms with Gasteiger partial charge in [0.15, 0.2) is 0 Å². The number of amides is 2. The van der Waals surface area contributed by atoms with E-state index < -0.39 is 0 Å². The normalized spacial score (nSPS) is 13.9. The standard InChI is InChI=1S/C29H34N6O2/c1-2-31-28-25(29(37)32-17-20-35-18-4-3-5-19-35)13-14-26(34-28)23-9-11-24(12-10-23)33-27(36)15-8-22-7-6-16-30-21-22/h6-16,21H,2-5,17-20H2,1H3,(H,31,34)(H,32,37)(H,33,36). The van der Waals surface area contributed by atoms with E-state index >= 15 is 0 Å². The number of pyridine rings is 2. The van der Waals surface area contributed by atoms with Crippen LogP contribution in [-0.2, 0) is 4.79 Å². The quantitative estimate of drug-likeness (QED) is 0.358. The summed E-state index contributed by atoms with van der Waals surface area (Å²) in [4.78, 5) is 36.3. The van der Waals surface area contributed by atoms with Gasteiger partial charge in [-0.25, -0.2) is 4.98 Å². The largest absolute Gasteiger partial charge is 0.370 e. The minimum atomic E-state index is -0.222. The summed E-state index contributed by atoms with van der Waals surface area (Å²) < 4.78 is 0. The molecule has 8 heteroatoms. The Kier molecular flexibility index (Phi) is 9.37. The lowest BCUT2D eigenvalue weighted by Gasteiger charge is -2.26. The summed E-state index contributed by atoms with van der Waals surface area (Å²) in [7, 11) is 0. The van der Waals surface area contributed by atoms with Gasteiger partial charge in [-0.2, -0.15) is 0 Å². The molecular weight excluding hydrogens is 464 g/mol. The van der Waals surface area contributed by atoms with Crippen molar-refractivity contribution in [2.75, 3.05) is 43.4 Å². The van der Waals surface area contributed by atoms with Crippen molar-refractivity contribution in [1.29, 1.82) is 0 Å². The van der Waals surface area contributed by atoms with Gasteiger partial charge in [0, 0.05) is 49.4 Å². The molecule has 0 unspecified atom stereocenters. The van der Waals surface area contributed by atoms with Gasteiger partial charge in [0.2, 0.25) is 5.91 Å². The number of nitrogens with zero attached hydrogens (tertiary/aromatic N) is 3. The molecule has 0 radical (unpaired) electrons. The van der Waals surface area contributed by atoms with Crippen LogP contribution in [0.15, 0.2) is 67.0 Å². The Morgan fingerprint density at radius 1 is 1.03 bits per heavy atom. The molecule has 3 heterocycles. The zero-order chi connectivity index (χ0) is 25.9. The maximum absolute atomic E-state index is 12.9. The molecule has 4 rings (SSSR count). The number of benzene rings is 1. The van der Waals surface area contributed by atoms with E-state index in [1.165, 1.54) is 25.3 Å². The fourth-order valence-electron chi connectivity index (χ4n) is 4.27. The van der Waals surface area contributed by atoms with Crippen LogP contribution in [0.3, 0.4) is 0 Å². The highest BCUT2D eigenvalue weighted by Crippen LogP contribution is 2.24. The van der Waals surface area contributed by atoms with Crippen LogP contribution >= 0.6 is 0 Å². The SMILES string of the molecule is CCNc1nc(-c2ccc(NC(=O)C=Cc3cccnc3)cc2)ccc1C(=O)NCCN1CCCCC1. The van der Waals surface area contributed by atoms with Crippen LogP contribution in [-0.4, -0.2) is 59.4 Å². The van der Waals surface area contributed by atoms with Gasteiger partial charge in [-0.05, 0) is 74.8 Å². The third-order valence-corrected chi connectivity index (χ3v) is 6.21. The van der Waals surface area contributed by atoms with Crippen molar-refractivity contribution < 1.29 is 9.59 Å². The monoisotopic (exact) mass is 498 g/mol. The number of rotatable bonds is 10. The van der Waals surface area contributed by atoms with Crippen LogP contribution in [0.25, 0.3) is 17.3 Å². The molecule has 0 spiro atoms. The van der Waals surface area contributed by atoms with E-state index in [0.29, 0.717) is 30.2 Å². The number of nitrogens with one attached hydrogen (secondary N) is 3. The second-order valence-corrected chi connectivity index (χ2v) is 8.97. The summed E-state index contributed by atoms with van der Waals surface area (Å²) in [6, 6.07) is 14.8. The minimum Gasteiger partial charge on any atom is -0.370 e. The van der Waals surface area contributed by atoms with Gasteiger partial charge in [0.05, 0.1) is 11.3 Å². The lowest BCUT2D eigenvalue weighted by molar-refractivity contribution is -0.111. The van der Waals surface area contributed by atoms with E-state index in [4.69, 9.17) is 4.98 Å². The number of aromatic nitrogens is 2. The molecule has 3 N–H and O–H groups in total. The summed E-state index contributed by atoms with van der Waals surface area (Å²) in [5, 5.41) is 9.12. The highest BCUT2D eigenvalue weighted by Gasteiger charge is 2.15. The number of hydrogen-bond donors (Lipinski definition) is 3.